The van der Waals surface area contributed by atoms with Gasteiger partial charge < -0.3 is 5.32 Å². The summed E-state index contributed by atoms with van der Waals surface area (Å²) in [6, 6.07) is 11.2. The van der Waals surface area contributed by atoms with Crippen LogP contribution in [0.2, 0.25) is 0 Å². The molecule has 1 atom stereocenters. The fourth-order valence-electron chi connectivity index (χ4n) is 1.85. The van der Waals surface area contributed by atoms with E-state index in [1.54, 1.807) is 18.0 Å². The Morgan fingerprint density at radius 2 is 2.16 bits per heavy atom. The minimum absolute atomic E-state index is 0.540. The van der Waals surface area contributed by atoms with Crippen LogP contribution in [0.25, 0.3) is 0 Å². The number of hydrogen-bond acceptors (Lipinski definition) is 4. The lowest BCUT2D eigenvalue weighted by molar-refractivity contribution is 0.532. The van der Waals surface area contributed by atoms with Crippen LogP contribution in [0.3, 0.4) is 0 Å². The molecule has 0 saturated heterocycles. The average Bonchev–Trinajstić information content (AvgIpc) is 2.96. The molecule has 0 bridgehead atoms. The van der Waals surface area contributed by atoms with Crippen LogP contribution >= 0.6 is 11.8 Å². The van der Waals surface area contributed by atoms with Crippen molar-refractivity contribution in [2.24, 2.45) is 0 Å². The first kappa shape index (κ1) is 14.1. The number of nitrogens with one attached hydrogen (secondary N) is 2. The number of aromatic nitrogens is 3. The Bertz CT molecular complexity index is 444. The second-order valence-electron chi connectivity index (χ2n) is 4.54. The highest BCUT2D eigenvalue weighted by molar-refractivity contribution is 7.99. The maximum atomic E-state index is 4.01. The van der Waals surface area contributed by atoms with Crippen LogP contribution in [0.15, 0.2) is 41.6 Å². The summed E-state index contributed by atoms with van der Waals surface area (Å²) in [4.78, 5) is 0. The van der Waals surface area contributed by atoms with E-state index in [9.17, 15) is 0 Å². The predicted molar refractivity (Wildman–Crippen MR) is 79.3 cm³/mol. The van der Waals surface area contributed by atoms with E-state index in [-0.39, 0.29) is 0 Å². The van der Waals surface area contributed by atoms with Crippen molar-refractivity contribution >= 4 is 11.8 Å². The van der Waals surface area contributed by atoms with Gasteiger partial charge in [0.25, 0.3) is 0 Å². The van der Waals surface area contributed by atoms with E-state index in [4.69, 9.17) is 0 Å². The summed E-state index contributed by atoms with van der Waals surface area (Å²) in [6.45, 7) is 3.23. The molecule has 2 rings (SSSR count). The van der Waals surface area contributed by atoms with Crippen LogP contribution in [-0.4, -0.2) is 33.8 Å². The molecule has 1 aromatic carbocycles. The number of thioether (sulfide) groups is 1. The molecule has 0 aliphatic heterocycles. The van der Waals surface area contributed by atoms with Crippen LogP contribution in [0.1, 0.15) is 18.9 Å². The average molecular weight is 276 g/mol. The highest BCUT2D eigenvalue weighted by Gasteiger charge is 2.02. The molecule has 1 aromatic heterocycles. The lowest BCUT2D eigenvalue weighted by Crippen LogP contribution is -2.28. The van der Waals surface area contributed by atoms with Crippen LogP contribution in [0.5, 0.6) is 0 Å². The van der Waals surface area contributed by atoms with E-state index in [1.807, 2.05) is 0 Å². The maximum absolute atomic E-state index is 4.01. The molecule has 2 N–H and O–H groups in total. The number of aryl methyl sites for hydroxylation is 1. The van der Waals surface area contributed by atoms with Crippen LogP contribution < -0.4 is 5.32 Å². The van der Waals surface area contributed by atoms with Gasteiger partial charge in [-0.3, -0.25) is 0 Å². The van der Waals surface area contributed by atoms with Gasteiger partial charge in [0.2, 0.25) is 0 Å². The molecule has 1 heterocycles. The molecular formula is C14H20N4S. The standard InChI is InChI=1S/C14H20N4S/c1-12(7-8-13-5-3-2-4-6-13)15-9-10-19-14-11-16-18-17-14/h2-6,11-12,15H,7-10H2,1H3,(H,16,17,18). The molecule has 19 heavy (non-hydrogen) atoms. The van der Waals surface area contributed by atoms with Gasteiger partial charge in [0.1, 0.15) is 5.03 Å². The Labute approximate surface area is 118 Å². The molecule has 102 valence electrons. The Morgan fingerprint density at radius 1 is 1.32 bits per heavy atom. The first-order valence-corrected chi connectivity index (χ1v) is 7.59. The van der Waals surface area contributed by atoms with E-state index >= 15 is 0 Å². The third kappa shape index (κ3) is 5.44. The van der Waals surface area contributed by atoms with Crippen molar-refractivity contribution < 1.29 is 0 Å². The Kier molecular flexibility index (Phi) is 5.91. The highest BCUT2D eigenvalue weighted by Crippen LogP contribution is 2.11. The van der Waals surface area contributed by atoms with Crippen molar-refractivity contribution in [3.63, 3.8) is 0 Å². The van der Waals surface area contributed by atoms with Crippen LogP contribution in [0, 0.1) is 0 Å². The molecule has 0 fully saturated rings. The minimum atomic E-state index is 0.540. The van der Waals surface area contributed by atoms with E-state index in [0.717, 1.165) is 23.7 Å². The minimum Gasteiger partial charge on any atom is -0.313 e. The molecule has 0 saturated carbocycles. The van der Waals surface area contributed by atoms with Gasteiger partial charge in [-0.25, -0.2) is 0 Å². The van der Waals surface area contributed by atoms with E-state index in [1.165, 1.54) is 12.0 Å². The largest absolute Gasteiger partial charge is 0.313 e. The van der Waals surface area contributed by atoms with E-state index < -0.39 is 0 Å². The molecule has 0 aliphatic rings. The molecular weight excluding hydrogens is 256 g/mol. The highest BCUT2D eigenvalue weighted by atomic mass is 32.2. The van der Waals surface area contributed by atoms with Crippen LogP contribution in [0.4, 0.5) is 0 Å². The lowest BCUT2D eigenvalue weighted by atomic mass is 10.1. The number of hydrogen-bond donors (Lipinski definition) is 2. The summed E-state index contributed by atoms with van der Waals surface area (Å²) in [5.74, 6) is 1.02. The van der Waals surface area contributed by atoms with Crippen molar-refractivity contribution in [2.75, 3.05) is 12.3 Å². The molecule has 0 amide bonds. The quantitative estimate of drug-likeness (QED) is 0.574. The van der Waals surface area contributed by atoms with Crippen molar-refractivity contribution in [1.82, 2.24) is 20.7 Å². The fourth-order valence-corrected chi connectivity index (χ4v) is 2.51. The van der Waals surface area contributed by atoms with Crippen molar-refractivity contribution in [2.45, 2.75) is 30.8 Å². The third-order valence-electron chi connectivity index (χ3n) is 2.95. The van der Waals surface area contributed by atoms with Crippen molar-refractivity contribution in [3.8, 4) is 0 Å². The number of nitrogens with zero attached hydrogens (tertiary/aromatic N) is 2. The SMILES string of the molecule is CC(CCc1ccccc1)NCCSc1cn[nH]n1. The Morgan fingerprint density at radius 3 is 2.89 bits per heavy atom. The third-order valence-corrected chi connectivity index (χ3v) is 3.85. The maximum Gasteiger partial charge on any atom is 0.138 e. The molecule has 0 aliphatic carbocycles. The predicted octanol–water partition coefficient (Wildman–Crippen LogP) is 2.51. The van der Waals surface area contributed by atoms with Gasteiger partial charge in [0, 0.05) is 18.3 Å². The smallest absolute Gasteiger partial charge is 0.138 e. The van der Waals surface area contributed by atoms with Crippen molar-refractivity contribution in [1.29, 1.82) is 0 Å². The van der Waals surface area contributed by atoms with Gasteiger partial charge in [0.05, 0.1) is 6.20 Å². The fraction of sp³-hybridized carbons (Fsp3) is 0.429. The summed E-state index contributed by atoms with van der Waals surface area (Å²) in [7, 11) is 0. The van der Waals surface area contributed by atoms with Gasteiger partial charge >= 0.3 is 0 Å². The van der Waals surface area contributed by atoms with E-state index in [0.29, 0.717) is 6.04 Å². The second-order valence-corrected chi connectivity index (χ2v) is 5.65. The monoisotopic (exact) mass is 276 g/mol. The molecule has 0 spiro atoms. The zero-order chi connectivity index (χ0) is 13.3. The summed E-state index contributed by atoms with van der Waals surface area (Å²) in [5.41, 5.74) is 1.41. The van der Waals surface area contributed by atoms with Gasteiger partial charge in [0.15, 0.2) is 0 Å². The topological polar surface area (TPSA) is 53.6 Å². The number of aromatic amines is 1. The number of rotatable bonds is 8. The lowest BCUT2D eigenvalue weighted by Gasteiger charge is -2.13. The summed E-state index contributed by atoms with van der Waals surface area (Å²) >= 11 is 1.72. The number of benzene rings is 1. The molecule has 0 radical (unpaired) electrons. The van der Waals surface area contributed by atoms with Crippen molar-refractivity contribution in [3.05, 3.63) is 42.1 Å². The summed E-state index contributed by atoms with van der Waals surface area (Å²) in [6.07, 6.45) is 4.05. The first-order chi connectivity index (χ1) is 9.34. The van der Waals surface area contributed by atoms with Gasteiger partial charge in [-0.05, 0) is 25.3 Å². The van der Waals surface area contributed by atoms with E-state index in [2.05, 4.69) is 58.0 Å². The zero-order valence-electron chi connectivity index (χ0n) is 11.2. The second kappa shape index (κ2) is 7.96. The Balaban J connectivity index is 1.56. The first-order valence-electron chi connectivity index (χ1n) is 6.60. The van der Waals surface area contributed by atoms with Crippen LogP contribution in [-0.2, 0) is 6.42 Å². The van der Waals surface area contributed by atoms with Gasteiger partial charge in [-0.1, -0.05) is 30.3 Å². The molecule has 1 unspecified atom stereocenters. The summed E-state index contributed by atoms with van der Waals surface area (Å²) in [5, 5.41) is 14.9. The molecule has 4 nitrogen and oxygen atoms in total. The van der Waals surface area contributed by atoms with Gasteiger partial charge in [-0.15, -0.1) is 16.9 Å². The normalized spacial score (nSPS) is 12.5. The zero-order valence-corrected chi connectivity index (χ0v) is 12.0. The molecule has 5 heteroatoms. The number of H-pyrrole nitrogens is 1. The summed E-state index contributed by atoms with van der Waals surface area (Å²) < 4.78 is 0. The Hall–Kier alpha value is -1.33. The molecule has 2 aromatic rings. The van der Waals surface area contributed by atoms with Gasteiger partial charge in [-0.2, -0.15) is 10.3 Å².